The molecule has 0 radical (unpaired) electrons. The Kier molecular flexibility index (Phi) is 5.86. The minimum Gasteiger partial charge on any atom is -0.497 e. The molecule has 0 bridgehead atoms. The first-order valence-corrected chi connectivity index (χ1v) is 11.5. The number of hydrogen-bond acceptors (Lipinski definition) is 6. The van der Waals surface area contributed by atoms with Crippen LogP contribution >= 0.6 is 0 Å². The summed E-state index contributed by atoms with van der Waals surface area (Å²) in [6.45, 7) is 2.32. The molecule has 170 valence electrons. The van der Waals surface area contributed by atoms with E-state index in [1.807, 2.05) is 54.5 Å². The molecule has 33 heavy (non-hydrogen) atoms. The summed E-state index contributed by atoms with van der Waals surface area (Å²) in [5, 5.41) is 9.15. The van der Waals surface area contributed by atoms with E-state index in [0.29, 0.717) is 23.6 Å². The summed E-state index contributed by atoms with van der Waals surface area (Å²) < 4.78 is 13.4. The third-order valence-electron chi connectivity index (χ3n) is 6.29. The van der Waals surface area contributed by atoms with Crippen molar-refractivity contribution < 1.29 is 9.47 Å². The van der Waals surface area contributed by atoms with Gasteiger partial charge in [0.2, 0.25) is 11.8 Å². The summed E-state index contributed by atoms with van der Waals surface area (Å²) in [6, 6.07) is 14.1. The van der Waals surface area contributed by atoms with Crippen molar-refractivity contribution in [2.24, 2.45) is 13.0 Å². The largest absolute Gasteiger partial charge is 0.497 e. The van der Waals surface area contributed by atoms with Gasteiger partial charge in [-0.25, -0.2) is 4.98 Å². The van der Waals surface area contributed by atoms with Crippen molar-refractivity contribution in [3.8, 4) is 28.5 Å². The van der Waals surface area contributed by atoms with Gasteiger partial charge < -0.3 is 14.8 Å². The first-order valence-electron chi connectivity index (χ1n) is 11.5. The van der Waals surface area contributed by atoms with Crippen LogP contribution in [-0.4, -0.2) is 32.9 Å². The molecule has 1 fully saturated rings. The highest BCUT2D eigenvalue weighted by Crippen LogP contribution is 2.35. The molecule has 4 aromatic rings. The average molecular weight is 444 g/mol. The first kappa shape index (κ1) is 21.2. The van der Waals surface area contributed by atoms with E-state index >= 15 is 0 Å². The van der Waals surface area contributed by atoms with E-state index in [-0.39, 0.29) is 0 Å². The number of hydrogen-bond donors (Lipinski definition) is 1. The quantitative estimate of drug-likeness (QED) is 0.405. The van der Waals surface area contributed by atoms with E-state index in [1.54, 1.807) is 7.11 Å². The zero-order valence-corrected chi connectivity index (χ0v) is 19.3. The van der Waals surface area contributed by atoms with Gasteiger partial charge in [-0.15, -0.1) is 0 Å². The van der Waals surface area contributed by atoms with Crippen LogP contribution in [0.15, 0.2) is 54.9 Å². The topological polar surface area (TPSA) is 74.1 Å². The summed E-state index contributed by atoms with van der Waals surface area (Å²) >= 11 is 0. The van der Waals surface area contributed by atoms with Crippen molar-refractivity contribution in [3.05, 3.63) is 54.9 Å². The maximum atomic E-state index is 6.27. The Bertz CT molecular complexity index is 1260. The van der Waals surface area contributed by atoms with Crippen LogP contribution in [-0.2, 0) is 7.05 Å². The van der Waals surface area contributed by atoms with Gasteiger partial charge in [0.15, 0.2) is 0 Å². The van der Waals surface area contributed by atoms with E-state index < -0.39 is 0 Å². The van der Waals surface area contributed by atoms with E-state index in [4.69, 9.17) is 14.5 Å². The molecule has 1 saturated carbocycles. The molecule has 0 amide bonds. The predicted octanol–water partition coefficient (Wildman–Crippen LogP) is 5.82. The fourth-order valence-corrected chi connectivity index (χ4v) is 4.38. The Labute approximate surface area is 193 Å². The van der Waals surface area contributed by atoms with Gasteiger partial charge in [-0.3, -0.25) is 4.68 Å². The van der Waals surface area contributed by atoms with E-state index in [2.05, 4.69) is 34.5 Å². The molecule has 0 aliphatic heterocycles. The molecule has 7 heteroatoms. The fourth-order valence-electron chi connectivity index (χ4n) is 4.38. The Hall–Kier alpha value is -3.61. The minimum absolute atomic E-state index is 0.390. The van der Waals surface area contributed by atoms with Gasteiger partial charge in [-0.2, -0.15) is 10.1 Å². The summed E-state index contributed by atoms with van der Waals surface area (Å²) in [4.78, 5) is 9.42. The van der Waals surface area contributed by atoms with Gasteiger partial charge in [0.25, 0.3) is 0 Å². The number of fused-ring (bicyclic) bond motifs is 1. The smallest absolute Gasteiger partial charge is 0.231 e. The van der Waals surface area contributed by atoms with Gasteiger partial charge in [0, 0.05) is 36.9 Å². The highest BCUT2D eigenvalue weighted by molar-refractivity contribution is 5.85. The lowest BCUT2D eigenvalue weighted by molar-refractivity contribution is 0.360. The van der Waals surface area contributed by atoms with E-state index in [0.717, 1.165) is 46.5 Å². The summed E-state index contributed by atoms with van der Waals surface area (Å²) in [6.07, 6.45) is 8.56. The SMILES string of the molecule is COc1cccc(Oc2nc(N[C@H]3CC[C@H](C)CC3)ncc2-c2ccc3cn(C)nc3c2)c1. The molecular formula is C26H29N5O2. The fraction of sp³-hybridized carbons (Fsp3) is 0.346. The molecule has 0 unspecified atom stereocenters. The van der Waals surface area contributed by atoms with Crippen LogP contribution in [0.4, 0.5) is 5.95 Å². The highest BCUT2D eigenvalue weighted by Gasteiger charge is 2.20. The van der Waals surface area contributed by atoms with Crippen LogP contribution in [0.5, 0.6) is 17.4 Å². The van der Waals surface area contributed by atoms with Crippen molar-refractivity contribution in [3.63, 3.8) is 0 Å². The number of benzene rings is 2. The Morgan fingerprint density at radius 2 is 1.85 bits per heavy atom. The van der Waals surface area contributed by atoms with Crippen LogP contribution in [0.1, 0.15) is 32.6 Å². The minimum atomic E-state index is 0.390. The van der Waals surface area contributed by atoms with Gasteiger partial charge >= 0.3 is 0 Å². The van der Waals surface area contributed by atoms with Gasteiger partial charge in [-0.05, 0) is 55.4 Å². The number of anilines is 1. The first-order chi connectivity index (χ1) is 16.1. The van der Waals surface area contributed by atoms with Gasteiger partial charge in [0.05, 0.1) is 18.2 Å². The van der Waals surface area contributed by atoms with Crippen molar-refractivity contribution in [1.29, 1.82) is 0 Å². The second-order valence-corrected chi connectivity index (χ2v) is 8.87. The van der Waals surface area contributed by atoms with Crippen molar-refractivity contribution >= 4 is 16.9 Å². The van der Waals surface area contributed by atoms with Crippen LogP contribution in [0.25, 0.3) is 22.0 Å². The number of methoxy groups -OCH3 is 1. The van der Waals surface area contributed by atoms with Crippen LogP contribution in [0, 0.1) is 5.92 Å². The highest BCUT2D eigenvalue weighted by atomic mass is 16.5. The second-order valence-electron chi connectivity index (χ2n) is 8.87. The third-order valence-corrected chi connectivity index (χ3v) is 6.29. The summed E-state index contributed by atoms with van der Waals surface area (Å²) in [7, 11) is 3.57. The predicted molar refractivity (Wildman–Crippen MR) is 130 cm³/mol. The number of rotatable bonds is 6. The number of nitrogens with one attached hydrogen (secondary N) is 1. The molecule has 5 rings (SSSR count). The lowest BCUT2D eigenvalue weighted by atomic mass is 9.87. The molecular weight excluding hydrogens is 414 g/mol. The molecule has 2 aromatic heterocycles. The standard InChI is InChI=1S/C26H29N5O2/c1-17-7-11-20(12-8-17)28-26-27-15-23(18-9-10-19-16-31(2)30-24(19)13-18)25(29-26)33-22-6-4-5-21(14-22)32-3/h4-6,9-10,13-17,20H,7-8,11-12H2,1-3H3,(H,27,28,29)/t17-,20-. The molecule has 1 aliphatic rings. The number of aromatic nitrogens is 4. The Morgan fingerprint density at radius 1 is 1.03 bits per heavy atom. The summed E-state index contributed by atoms with van der Waals surface area (Å²) in [5.41, 5.74) is 2.69. The average Bonchev–Trinajstić information content (AvgIpc) is 3.20. The van der Waals surface area contributed by atoms with Crippen molar-refractivity contribution in [1.82, 2.24) is 19.7 Å². The second kappa shape index (κ2) is 9.10. The number of aryl methyl sites for hydroxylation is 1. The zero-order chi connectivity index (χ0) is 22.8. The maximum Gasteiger partial charge on any atom is 0.231 e. The molecule has 0 spiro atoms. The lowest BCUT2D eigenvalue weighted by Gasteiger charge is -2.27. The van der Waals surface area contributed by atoms with Crippen LogP contribution < -0.4 is 14.8 Å². The third kappa shape index (κ3) is 4.77. The van der Waals surface area contributed by atoms with Crippen molar-refractivity contribution in [2.75, 3.05) is 12.4 Å². The zero-order valence-electron chi connectivity index (χ0n) is 19.3. The van der Waals surface area contributed by atoms with Gasteiger partial charge in [-0.1, -0.05) is 25.1 Å². The molecule has 0 atom stereocenters. The van der Waals surface area contributed by atoms with E-state index in [9.17, 15) is 0 Å². The van der Waals surface area contributed by atoms with Gasteiger partial charge in [0.1, 0.15) is 11.5 Å². The molecule has 0 saturated heterocycles. The van der Waals surface area contributed by atoms with Crippen LogP contribution in [0.2, 0.25) is 0 Å². The van der Waals surface area contributed by atoms with Crippen LogP contribution in [0.3, 0.4) is 0 Å². The monoisotopic (exact) mass is 443 g/mol. The number of nitrogens with zero attached hydrogens (tertiary/aromatic N) is 4. The molecule has 2 aromatic carbocycles. The molecule has 1 aliphatic carbocycles. The molecule has 7 nitrogen and oxygen atoms in total. The maximum absolute atomic E-state index is 6.27. The Morgan fingerprint density at radius 3 is 2.67 bits per heavy atom. The van der Waals surface area contributed by atoms with Crippen molar-refractivity contribution in [2.45, 2.75) is 38.6 Å². The summed E-state index contributed by atoms with van der Waals surface area (Å²) in [5.74, 6) is 3.27. The Balaban J connectivity index is 1.50. The van der Waals surface area contributed by atoms with E-state index in [1.165, 1.54) is 12.8 Å². The number of ether oxygens (including phenoxy) is 2. The molecule has 1 N–H and O–H groups in total. The molecule has 2 heterocycles. The normalized spacial score (nSPS) is 18.3. The lowest BCUT2D eigenvalue weighted by Crippen LogP contribution is -2.26.